The standard InChI is InChI=1S/C37H53FN2O11/c1-8-30-25(19-48-37(47)39-27-12-10-26(38)11-13-27)15-20(2)9-14-28(42)21(3)16-24(18-41)35(22(4)29(43)17-31(44)50-30)51-36-34(46)32(40(6)7)33(45)23(5)49-36/h9-15,18,21-25,29-30,32-36,43,45-46H,8,16-17,19H2,1-7H3,(H,39,47)/b14-9-,20-15+/t21-,22+,23-,24?,25-,29-,30-,32+,33-,34-,35-,36+/m1/s1. The number of carbonyl (C=O) groups excluding carboxylic acids is 4. The summed E-state index contributed by atoms with van der Waals surface area (Å²) >= 11 is 0. The highest BCUT2D eigenvalue weighted by atomic mass is 19.1. The predicted molar refractivity (Wildman–Crippen MR) is 185 cm³/mol. The van der Waals surface area contributed by atoms with Crippen LogP contribution in [-0.4, -0.2) is 114 Å². The number of benzene rings is 1. The number of aliphatic hydroxyl groups excluding tert-OH is 3. The maximum Gasteiger partial charge on any atom is 0.411 e. The SMILES string of the molecule is CC[C@H]1OC(=O)C[C@@H](O)[C@H](C)[C@@H](O[C@@H]2O[C@H](C)[C@@H](O)[C@H](N(C)C)[C@H]2O)C(C=O)C[C@@H](C)C(=O)/C=C\C(C)=C\[C@@H]1COC(=O)Nc1ccc(F)cc1. The molecule has 284 valence electrons. The van der Waals surface area contributed by atoms with Crippen LogP contribution in [0, 0.1) is 29.5 Å². The van der Waals surface area contributed by atoms with Gasteiger partial charge in [0.15, 0.2) is 12.1 Å². The van der Waals surface area contributed by atoms with Crippen molar-refractivity contribution in [1.82, 2.24) is 4.90 Å². The zero-order valence-electron chi connectivity index (χ0n) is 30.3. The molecule has 0 aliphatic carbocycles. The number of carbonyl (C=O) groups is 4. The fourth-order valence-corrected chi connectivity index (χ4v) is 6.46. The second-order valence-electron chi connectivity index (χ2n) is 13.8. The third kappa shape index (κ3) is 11.7. The van der Waals surface area contributed by atoms with Gasteiger partial charge < -0.3 is 44.0 Å². The number of esters is 1. The summed E-state index contributed by atoms with van der Waals surface area (Å²) < 4.78 is 36.6. The first-order chi connectivity index (χ1) is 24.1. The first kappa shape index (κ1) is 41.9. The van der Waals surface area contributed by atoms with Crippen LogP contribution in [0.3, 0.4) is 0 Å². The highest BCUT2D eigenvalue weighted by Gasteiger charge is 2.47. The topological polar surface area (TPSA) is 181 Å². The van der Waals surface area contributed by atoms with Crippen LogP contribution in [0.4, 0.5) is 14.9 Å². The number of likely N-dealkylation sites (N-methyl/N-ethyl adjacent to an activating group) is 1. The molecular weight excluding hydrogens is 667 g/mol. The fraction of sp³-hybridized carbons (Fsp3) is 0.622. The van der Waals surface area contributed by atoms with E-state index in [4.69, 9.17) is 18.9 Å². The highest BCUT2D eigenvalue weighted by Crippen LogP contribution is 2.32. The number of aldehydes is 1. The van der Waals surface area contributed by atoms with E-state index >= 15 is 0 Å². The number of anilines is 1. The van der Waals surface area contributed by atoms with Gasteiger partial charge in [-0.15, -0.1) is 0 Å². The normalized spacial score (nSPS) is 36.0. The minimum absolute atomic E-state index is 0.0251. The van der Waals surface area contributed by atoms with Crippen LogP contribution in [0.1, 0.15) is 53.9 Å². The number of rotatable bonds is 8. The van der Waals surface area contributed by atoms with E-state index in [9.17, 15) is 38.9 Å². The number of aliphatic hydroxyl groups is 3. The van der Waals surface area contributed by atoms with Crippen LogP contribution >= 0.6 is 0 Å². The van der Waals surface area contributed by atoms with Gasteiger partial charge in [-0.3, -0.25) is 14.9 Å². The summed E-state index contributed by atoms with van der Waals surface area (Å²) in [4.78, 5) is 53.4. The molecule has 1 saturated heterocycles. The molecule has 13 nitrogen and oxygen atoms in total. The van der Waals surface area contributed by atoms with Crippen molar-refractivity contribution < 1.29 is 57.8 Å². The Morgan fingerprint density at radius 1 is 1.08 bits per heavy atom. The van der Waals surface area contributed by atoms with Crippen molar-refractivity contribution in [2.45, 2.75) is 103 Å². The van der Waals surface area contributed by atoms with Gasteiger partial charge in [-0.2, -0.15) is 0 Å². The molecule has 1 aromatic carbocycles. The fourth-order valence-electron chi connectivity index (χ4n) is 6.46. The smallest absolute Gasteiger partial charge is 0.411 e. The molecule has 0 radical (unpaired) electrons. The summed E-state index contributed by atoms with van der Waals surface area (Å²) in [5.74, 6) is -4.67. The van der Waals surface area contributed by atoms with Gasteiger partial charge in [-0.05, 0) is 71.1 Å². The second kappa shape index (κ2) is 19.3. The third-order valence-electron chi connectivity index (χ3n) is 9.55. The van der Waals surface area contributed by atoms with E-state index in [1.807, 2.05) is 0 Å². The Hall–Kier alpha value is -3.53. The van der Waals surface area contributed by atoms with Crippen molar-refractivity contribution in [1.29, 1.82) is 0 Å². The number of nitrogens with zero attached hydrogens (tertiary/aromatic N) is 1. The largest absolute Gasteiger partial charge is 0.462 e. The Balaban J connectivity index is 1.90. The predicted octanol–water partition coefficient (Wildman–Crippen LogP) is 3.41. The van der Waals surface area contributed by atoms with Gasteiger partial charge in [0.1, 0.15) is 30.9 Å². The molecule has 0 spiro atoms. The quantitative estimate of drug-likeness (QED) is 0.227. The number of amides is 1. The molecule has 1 fully saturated rings. The van der Waals surface area contributed by atoms with Crippen LogP contribution in [0.25, 0.3) is 0 Å². The first-order valence-corrected chi connectivity index (χ1v) is 17.3. The summed E-state index contributed by atoms with van der Waals surface area (Å²) in [5.41, 5.74) is 0.929. The zero-order chi connectivity index (χ0) is 38.0. The van der Waals surface area contributed by atoms with Crippen molar-refractivity contribution >= 4 is 29.8 Å². The minimum atomic E-state index is -1.39. The first-order valence-electron chi connectivity index (χ1n) is 17.3. The Bertz CT molecular complexity index is 1390. The molecule has 3 rings (SSSR count). The molecule has 1 amide bonds. The summed E-state index contributed by atoms with van der Waals surface area (Å²) in [7, 11) is 3.37. The van der Waals surface area contributed by atoms with Crippen LogP contribution in [0.2, 0.25) is 0 Å². The van der Waals surface area contributed by atoms with Gasteiger partial charge in [0.2, 0.25) is 0 Å². The van der Waals surface area contributed by atoms with E-state index in [-0.39, 0.29) is 18.8 Å². The molecular formula is C37H53FN2O11. The lowest BCUT2D eigenvalue weighted by molar-refractivity contribution is -0.302. The number of halogens is 1. The molecule has 2 aliphatic rings. The van der Waals surface area contributed by atoms with Crippen molar-refractivity contribution in [2.75, 3.05) is 26.0 Å². The number of nitrogens with one attached hydrogen (secondary N) is 1. The van der Waals surface area contributed by atoms with E-state index in [1.54, 1.807) is 65.8 Å². The van der Waals surface area contributed by atoms with E-state index in [2.05, 4.69) is 5.32 Å². The average molecular weight is 721 g/mol. The molecule has 12 atom stereocenters. The zero-order valence-corrected chi connectivity index (χ0v) is 30.3. The Kier molecular flexibility index (Phi) is 15.9. The van der Waals surface area contributed by atoms with Crippen molar-refractivity contribution in [3.05, 3.63) is 53.9 Å². The summed E-state index contributed by atoms with van der Waals surface area (Å²) in [6, 6.07) is 4.36. The summed E-state index contributed by atoms with van der Waals surface area (Å²) in [6.45, 7) is 8.17. The van der Waals surface area contributed by atoms with Crippen LogP contribution in [-0.2, 0) is 33.3 Å². The molecule has 1 aromatic rings. The second-order valence-corrected chi connectivity index (χ2v) is 13.8. The summed E-state index contributed by atoms with van der Waals surface area (Å²) in [6.07, 6.45) is -3.39. The number of ether oxygens (including phenoxy) is 4. The number of cyclic esters (lactones) is 1. The Morgan fingerprint density at radius 3 is 2.35 bits per heavy atom. The van der Waals surface area contributed by atoms with E-state index in [0.717, 1.165) is 0 Å². The van der Waals surface area contributed by atoms with Gasteiger partial charge in [-0.25, -0.2) is 9.18 Å². The van der Waals surface area contributed by atoms with Crippen LogP contribution in [0.5, 0.6) is 0 Å². The highest BCUT2D eigenvalue weighted by molar-refractivity contribution is 5.92. The monoisotopic (exact) mass is 720 g/mol. The van der Waals surface area contributed by atoms with Crippen molar-refractivity contribution in [3.8, 4) is 0 Å². The molecule has 0 bridgehead atoms. The van der Waals surface area contributed by atoms with Crippen LogP contribution in [0.15, 0.2) is 48.1 Å². The molecule has 2 aliphatic heterocycles. The maximum atomic E-state index is 13.3. The molecule has 14 heteroatoms. The van der Waals surface area contributed by atoms with Crippen molar-refractivity contribution in [2.24, 2.45) is 23.7 Å². The molecule has 0 saturated carbocycles. The van der Waals surface area contributed by atoms with Crippen LogP contribution < -0.4 is 5.32 Å². The van der Waals surface area contributed by atoms with Crippen molar-refractivity contribution in [3.63, 3.8) is 0 Å². The lowest BCUT2D eigenvalue weighted by Crippen LogP contribution is -2.63. The number of hydrogen-bond acceptors (Lipinski definition) is 12. The lowest BCUT2D eigenvalue weighted by atomic mass is 9.81. The number of allylic oxidation sites excluding steroid dienone is 3. The van der Waals surface area contributed by atoms with Gasteiger partial charge >= 0.3 is 12.1 Å². The van der Waals surface area contributed by atoms with Gasteiger partial charge in [-0.1, -0.05) is 38.5 Å². The number of ketones is 1. The molecule has 1 unspecified atom stereocenters. The maximum absolute atomic E-state index is 13.3. The van der Waals surface area contributed by atoms with Gasteiger partial charge in [0, 0.05) is 29.4 Å². The Morgan fingerprint density at radius 2 is 1.75 bits per heavy atom. The van der Waals surface area contributed by atoms with E-state index < -0.39 is 96.9 Å². The third-order valence-corrected chi connectivity index (χ3v) is 9.55. The van der Waals surface area contributed by atoms with E-state index in [0.29, 0.717) is 24.0 Å². The molecule has 51 heavy (non-hydrogen) atoms. The lowest BCUT2D eigenvalue weighted by Gasteiger charge is -2.46. The molecule has 0 aromatic heterocycles. The summed E-state index contributed by atoms with van der Waals surface area (Å²) in [5, 5.41) is 35.7. The average Bonchev–Trinajstić information content (AvgIpc) is 3.08. The Labute approximate surface area is 298 Å². The molecule has 2 heterocycles. The minimum Gasteiger partial charge on any atom is -0.462 e. The molecule has 4 N–H and O–H groups in total. The number of hydrogen-bond donors (Lipinski definition) is 4. The van der Waals surface area contributed by atoms with Gasteiger partial charge in [0.25, 0.3) is 0 Å². The van der Waals surface area contributed by atoms with E-state index in [1.165, 1.54) is 30.3 Å². The van der Waals surface area contributed by atoms with Gasteiger partial charge in [0.05, 0.1) is 36.9 Å².